The topological polar surface area (TPSA) is 72.3 Å². The Bertz CT molecular complexity index is 953. The fourth-order valence-electron chi connectivity index (χ4n) is 3.40. The average molecular weight is 440 g/mol. The van der Waals surface area contributed by atoms with Gasteiger partial charge in [0.2, 0.25) is 0 Å². The first-order valence-electron chi connectivity index (χ1n) is 8.44. The monoisotopic (exact) mass is 439 g/mol. The van der Waals surface area contributed by atoms with E-state index < -0.39 is 9.84 Å². The summed E-state index contributed by atoms with van der Waals surface area (Å²) < 4.78 is 26.2. The number of halogens is 1. The largest absolute Gasteiger partial charge is 0.337 e. The molecule has 0 saturated carbocycles. The number of hydrogen-bond acceptors (Lipinski definition) is 4. The molecule has 0 radical (unpaired) electrons. The van der Waals surface area contributed by atoms with Crippen LogP contribution in [0.2, 0.25) is 0 Å². The lowest BCUT2D eigenvalue weighted by atomic mass is 10.1. The van der Waals surface area contributed by atoms with Crippen molar-refractivity contribution in [3.63, 3.8) is 0 Å². The zero-order chi connectivity index (χ0) is 19.1. The highest BCUT2D eigenvalue weighted by Crippen LogP contribution is 2.27. The van der Waals surface area contributed by atoms with Gasteiger partial charge < -0.3 is 4.90 Å². The maximum Gasteiger partial charge on any atom is 0.253 e. The van der Waals surface area contributed by atoms with Gasteiger partial charge in [0.05, 0.1) is 23.2 Å². The number of aromatic nitrogens is 2. The molecular weight excluding hydrogens is 418 g/mol. The number of nitrogens with zero attached hydrogens (tertiary/aromatic N) is 3. The van der Waals surface area contributed by atoms with E-state index >= 15 is 0 Å². The zero-order valence-electron chi connectivity index (χ0n) is 15.1. The predicted molar refractivity (Wildman–Crippen MR) is 104 cm³/mol. The Morgan fingerprint density at radius 3 is 2.73 bits per heavy atom. The minimum absolute atomic E-state index is 0.0682. The lowest BCUT2D eigenvalue weighted by Gasteiger charge is -2.18. The molecule has 2 heterocycles. The molecular formula is C18H22BrN3O3S. The molecule has 1 aliphatic heterocycles. The van der Waals surface area contributed by atoms with Crippen LogP contribution in [-0.2, 0) is 16.4 Å². The van der Waals surface area contributed by atoms with E-state index in [4.69, 9.17) is 0 Å². The van der Waals surface area contributed by atoms with E-state index in [1.54, 1.807) is 24.1 Å². The molecule has 0 spiro atoms. The lowest BCUT2D eigenvalue weighted by molar-refractivity contribution is 0.0784. The lowest BCUT2D eigenvalue weighted by Crippen LogP contribution is -2.26. The van der Waals surface area contributed by atoms with Crippen LogP contribution in [0.1, 0.15) is 39.8 Å². The Morgan fingerprint density at radius 1 is 1.38 bits per heavy atom. The minimum Gasteiger partial charge on any atom is -0.337 e. The van der Waals surface area contributed by atoms with Gasteiger partial charge in [0.25, 0.3) is 5.91 Å². The van der Waals surface area contributed by atoms with Crippen LogP contribution in [-0.4, -0.2) is 47.6 Å². The molecule has 3 rings (SSSR count). The van der Waals surface area contributed by atoms with E-state index in [0.717, 1.165) is 21.4 Å². The molecule has 1 atom stereocenters. The number of carbonyl (C=O) groups is 1. The summed E-state index contributed by atoms with van der Waals surface area (Å²) in [6.07, 6.45) is 0.594. The highest BCUT2D eigenvalue weighted by molar-refractivity contribution is 9.10. The second-order valence-corrected chi connectivity index (χ2v) is 9.97. The maximum atomic E-state index is 12.7. The molecule has 1 aromatic heterocycles. The van der Waals surface area contributed by atoms with Crippen molar-refractivity contribution in [2.75, 3.05) is 18.6 Å². The number of aryl methyl sites for hydroxylation is 1. The van der Waals surface area contributed by atoms with E-state index in [1.807, 2.05) is 30.7 Å². The van der Waals surface area contributed by atoms with E-state index in [9.17, 15) is 13.2 Å². The van der Waals surface area contributed by atoms with Crippen molar-refractivity contribution in [2.24, 2.45) is 0 Å². The number of rotatable bonds is 4. The van der Waals surface area contributed by atoms with Crippen molar-refractivity contribution in [3.8, 4) is 0 Å². The van der Waals surface area contributed by atoms with E-state index in [0.29, 0.717) is 18.5 Å². The normalized spacial score (nSPS) is 18.8. The third-order valence-corrected chi connectivity index (χ3v) is 7.09. The average Bonchev–Trinajstić information content (AvgIpc) is 3.07. The molecule has 0 aliphatic carbocycles. The number of amides is 1. The van der Waals surface area contributed by atoms with Crippen LogP contribution in [0.5, 0.6) is 0 Å². The fourth-order valence-corrected chi connectivity index (χ4v) is 5.49. The summed E-state index contributed by atoms with van der Waals surface area (Å²) in [4.78, 5) is 14.3. The van der Waals surface area contributed by atoms with Gasteiger partial charge >= 0.3 is 0 Å². The maximum absolute atomic E-state index is 12.7. The summed E-state index contributed by atoms with van der Waals surface area (Å²) in [6, 6.07) is 7.19. The summed E-state index contributed by atoms with van der Waals surface area (Å²) in [5, 5.41) is 4.56. The van der Waals surface area contributed by atoms with Crippen molar-refractivity contribution in [3.05, 3.63) is 51.3 Å². The Balaban J connectivity index is 1.81. The molecule has 1 fully saturated rings. The van der Waals surface area contributed by atoms with Gasteiger partial charge in [0.1, 0.15) is 0 Å². The van der Waals surface area contributed by atoms with E-state index in [-0.39, 0.29) is 23.5 Å². The van der Waals surface area contributed by atoms with Gasteiger partial charge in [-0.3, -0.25) is 9.48 Å². The van der Waals surface area contributed by atoms with Crippen molar-refractivity contribution in [1.29, 1.82) is 0 Å². The van der Waals surface area contributed by atoms with Gasteiger partial charge in [-0.15, -0.1) is 0 Å². The first-order chi connectivity index (χ1) is 12.2. The van der Waals surface area contributed by atoms with Crippen LogP contribution < -0.4 is 0 Å². The van der Waals surface area contributed by atoms with Gasteiger partial charge in [-0.1, -0.05) is 22.0 Å². The van der Waals surface area contributed by atoms with Crippen LogP contribution in [0.15, 0.2) is 28.7 Å². The fraction of sp³-hybridized carbons (Fsp3) is 0.444. The highest BCUT2D eigenvalue weighted by Gasteiger charge is 2.31. The van der Waals surface area contributed by atoms with Crippen molar-refractivity contribution < 1.29 is 13.2 Å². The van der Waals surface area contributed by atoms with E-state index in [2.05, 4.69) is 21.0 Å². The number of benzene rings is 1. The van der Waals surface area contributed by atoms with Crippen LogP contribution >= 0.6 is 15.9 Å². The summed E-state index contributed by atoms with van der Waals surface area (Å²) in [5.74, 6) is 0.287. The predicted octanol–water partition coefficient (Wildman–Crippen LogP) is 2.89. The van der Waals surface area contributed by atoms with Gasteiger partial charge in [0, 0.05) is 34.9 Å². The standard InChI is InChI=1S/C18H22BrN3O3S/c1-12-17(10-21(3)18(23)14-5-4-6-15(19)9-14)13(2)22(20-12)16-7-8-26(24,25)11-16/h4-6,9,16H,7-8,10-11H2,1-3H3/t16-/m0/s1. The van der Waals surface area contributed by atoms with Crippen LogP contribution in [0, 0.1) is 13.8 Å². The van der Waals surface area contributed by atoms with Crippen LogP contribution in [0.4, 0.5) is 0 Å². The van der Waals surface area contributed by atoms with Gasteiger partial charge in [-0.2, -0.15) is 5.10 Å². The molecule has 8 heteroatoms. The molecule has 1 aromatic carbocycles. The van der Waals surface area contributed by atoms with Crippen LogP contribution in [0.25, 0.3) is 0 Å². The third-order valence-electron chi connectivity index (χ3n) is 4.84. The molecule has 140 valence electrons. The second-order valence-electron chi connectivity index (χ2n) is 6.82. The van der Waals surface area contributed by atoms with E-state index in [1.165, 1.54) is 0 Å². The summed E-state index contributed by atoms with van der Waals surface area (Å²) in [6.45, 7) is 4.28. The second kappa shape index (κ2) is 7.15. The first kappa shape index (κ1) is 19.1. The molecule has 0 unspecified atom stereocenters. The van der Waals surface area contributed by atoms with Crippen molar-refractivity contribution in [2.45, 2.75) is 32.9 Å². The first-order valence-corrected chi connectivity index (χ1v) is 11.1. The number of carbonyl (C=O) groups excluding carboxylic acids is 1. The molecule has 6 nitrogen and oxygen atoms in total. The van der Waals surface area contributed by atoms with Crippen molar-refractivity contribution >= 4 is 31.7 Å². The molecule has 0 bridgehead atoms. The van der Waals surface area contributed by atoms with Gasteiger partial charge in [-0.05, 0) is 38.5 Å². The summed E-state index contributed by atoms with van der Waals surface area (Å²) >= 11 is 3.39. The highest BCUT2D eigenvalue weighted by atomic mass is 79.9. The minimum atomic E-state index is -2.97. The quantitative estimate of drug-likeness (QED) is 0.733. The Hall–Kier alpha value is -1.67. The number of sulfone groups is 1. The molecule has 1 aliphatic rings. The Labute approximate surface area is 162 Å². The smallest absolute Gasteiger partial charge is 0.253 e. The van der Waals surface area contributed by atoms with Crippen molar-refractivity contribution in [1.82, 2.24) is 14.7 Å². The Morgan fingerprint density at radius 2 is 2.12 bits per heavy atom. The summed E-state index contributed by atoms with van der Waals surface area (Å²) in [5.41, 5.74) is 3.35. The molecule has 2 aromatic rings. The molecule has 1 saturated heterocycles. The van der Waals surface area contributed by atoms with Gasteiger partial charge in [-0.25, -0.2) is 8.42 Å². The zero-order valence-corrected chi connectivity index (χ0v) is 17.5. The molecule has 1 amide bonds. The Kier molecular flexibility index (Phi) is 5.25. The molecule has 0 N–H and O–H groups in total. The third kappa shape index (κ3) is 3.86. The molecule has 26 heavy (non-hydrogen) atoms. The summed E-state index contributed by atoms with van der Waals surface area (Å²) in [7, 11) is -1.21. The van der Waals surface area contributed by atoms with Gasteiger partial charge in [0.15, 0.2) is 9.84 Å². The SMILES string of the molecule is Cc1nn([C@H]2CCS(=O)(=O)C2)c(C)c1CN(C)C(=O)c1cccc(Br)c1. The number of hydrogen-bond donors (Lipinski definition) is 0. The van der Waals surface area contributed by atoms with Crippen LogP contribution in [0.3, 0.4) is 0 Å².